The van der Waals surface area contributed by atoms with Gasteiger partial charge in [-0.25, -0.2) is 13.6 Å². The van der Waals surface area contributed by atoms with E-state index in [1.54, 1.807) is 6.07 Å². The van der Waals surface area contributed by atoms with Gasteiger partial charge in [0.1, 0.15) is 22.9 Å². The number of hydrogen-bond acceptors (Lipinski definition) is 2. The fraction of sp³-hybridized carbons (Fsp3) is 0. The van der Waals surface area contributed by atoms with Gasteiger partial charge in [0, 0.05) is 5.56 Å². The van der Waals surface area contributed by atoms with E-state index in [1.807, 2.05) is 0 Å². The summed E-state index contributed by atoms with van der Waals surface area (Å²) in [5.74, 6) is -2.56. The highest BCUT2D eigenvalue weighted by atomic mass is 19.1. The third-order valence-electron chi connectivity index (χ3n) is 3.66. The molecule has 120 valence electrons. The zero-order valence-electron chi connectivity index (χ0n) is 12.3. The van der Waals surface area contributed by atoms with Gasteiger partial charge >= 0.3 is 5.97 Å². The van der Waals surface area contributed by atoms with Gasteiger partial charge < -0.3 is 10.2 Å². The van der Waals surface area contributed by atoms with Gasteiger partial charge in [-0.15, -0.1) is 0 Å². The zero-order valence-corrected chi connectivity index (χ0v) is 12.3. The Hall–Kier alpha value is -3.21. The maximum Gasteiger partial charge on any atom is 0.340 e. The Balaban J connectivity index is 2.22. The number of carboxylic acids is 1. The highest BCUT2D eigenvalue weighted by Crippen LogP contribution is 2.35. The van der Waals surface area contributed by atoms with E-state index in [-0.39, 0.29) is 11.1 Å². The Kier molecular flexibility index (Phi) is 4.00. The number of rotatable bonds is 3. The van der Waals surface area contributed by atoms with Gasteiger partial charge in [0.25, 0.3) is 0 Å². The van der Waals surface area contributed by atoms with Crippen molar-refractivity contribution in [2.45, 2.75) is 0 Å². The first-order valence-electron chi connectivity index (χ1n) is 7.08. The summed E-state index contributed by atoms with van der Waals surface area (Å²) in [6.07, 6.45) is 0. The second kappa shape index (κ2) is 6.12. The predicted octanol–water partition coefficient (Wildman–Crippen LogP) is 4.70. The summed E-state index contributed by atoms with van der Waals surface area (Å²) in [5.41, 5.74) is 1.58. The molecule has 2 N–H and O–H groups in total. The molecule has 0 fully saturated rings. The van der Waals surface area contributed by atoms with Crippen LogP contribution in [-0.4, -0.2) is 16.2 Å². The van der Waals surface area contributed by atoms with Crippen LogP contribution in [0.2, 0.25) is 0 Å². The van der Waals surface area contributed by atoms with Gasteiger partial charge in [-0.1, -0.05) is 24.3 Å². The minimum Gasteiger partial charge on any atom is -0.507 e. The normalized spacial score (nSPS) is 10.6. The molecule has 0 aliphatic heterocycles. The Labute approximate surface area is 136 Å². The number of phenols is 1. The van der Waals surface area contributed by atoms with Gasteiger partial charge in [0.2, 0.25) is 0 Å². The lowest BCUT2D eigenvalue weighted by atomic mass is 9.93. The Bertz CT molecular complexity index is 901. The molecule has 0 atom stereocenters. The van der Waals surface area contributed by atoms with E-state index >= 15 is 0 Å². The lowest BCUT2D eigenvalue weighted by molar-refractivity contribution is 0.0694. The zero-order chi connectivity index (χ0) is 17.3. The number of carboxylic acid groups (broad SMARTS) is 1. The van der Waals surface area contributed by atoms with E-state index in [0.717, 1.165) is 0 Å². The molecular formula is C19H12F2O3. The number of carbonyl (C=O) groups is 1. The molecule has 0 aliphatic rings. The molecule has 3 nitrogen and oxygen atoms in total. The van der Waals surface area contributed by atoms with Crippen LogP contribution in [0.5, 0.6) is 5.75 Å². The van der Waals surface area contributed by atoms with Crippen molar-refractivity contribution in [1.29, 1.82) is 0 Å². The van der Waals surface area contributed by atoms with Crippen LogP contribution >= 0.6 is 0 Å². The summed E-state index contributed by atoms with van der Waals surface area (Å²) >= 11 is 0. The largest absolute Gasteiger partial charge is 0.507 e. The quantitative estimate of drug-likeness (QED) is 0.733. The van der Waals surface area contributed by atoms with Crippen molar-refractivity contribution in [2.24, 2.45) is 0 Å². The van der Waals surface area contributed by atoms with Crippen LogP contribution in [0.25, 0.3) is 22.3 Å². The monoisotopic (exact) mass is 326 g/mol. The number of aromatic carboxylic acids is 1. The molecule has 0 saturated heterocycles. The molecule has 0 radical (unpaired) electrons. The van der Waals surface area contributed by atoms with E-state index in [1.165, 1.54) is 54.6 Å². The third kappa shape index (κ3) is 2.96. The van der Waals surface area contributed by atoms with Crippen LogP contribution in [0, 0.1) is 11.6 Å². The van der Waals surface area contributed by atoms with Gasteiger partial charge in [0.05, 0.1) is 0 Å². The van der Waals surface area contributed by atoms with Crippen LogP contribution < -0.4 is 0 Å². The summed E-state index contributed by atoms with van der Waals surface area (Å²) in [4.78, 5) is 11.5. The fourth-order valence-electron chi connectivity index (χ4n) is 2.52. The second-order valence-electron chi connectivity index (χ2n) is 5.24. The molecule has 0 amide bonds. The summed E-state index contributed by atoms with van der Waals surface area (Å²) in [5, 5.41) is 19.5. The first-order valence-corrected chi connectivity index (χ1v) is 7.08. The molecule has 0 aromatic heterocycles. The van der Waals surface area contributed by atoms with Crippen molar-refractivity contribution in [3.8, 4) is 28.0 Å². The lowest BCUT2D eigenvalue weighted by Crippen LogP contribution is -2.01. The highest BCUT2D eigenvalue weighted by molar-refractivity contribution is 6.00. The molecule has 0 spiro atoms. The van der Waals surface area contributed by atoms with Gasteiger partial charge in [-0.05, 0) is 53.1 Å². The van der Waals surface area contributed by atoms with Crippen molar-refractivity contribution in [3.63, 3.8) is 0 Å². The summed E-state index contributed by atoms with van der Waals surface area (Å²) < 4.78 is 26.2. The maximum absolute atomic E-state index is 13.1. The molecule has 3 rings (SSSR count). The number of benzene rings is 3. The van der Waals surface area contributed by atoms with E-state index in [0.29, 0.717) is 16.7 Å². The van der Waals surface area contributed by atoms with Crippen molar-refractivity contribution < 1.29 is 23.8 Å². The first kappa shape index (κ1) is 15.7. The lowest BCUT2D eigenvalue weighted by Gasteiger charge is -2.12. The number of hydrogen-bond donors (Lipinski definition) is 2. The van der Waals surface area contributed by atoms with E-state index in [2.05, 4.69) is 0 Å². The van der Waals surface area contributed by atoms with Gasteiger partial charge in [-0.2, -0.15) is 0 Å². The second-order valence-corrected chi connectivity index (χ2v) is 5.24. The van der Waals surface area contributed by atoms with E-state index < -0.39 is 23.4 Å². The van der Waals surface area contributed by atoms with Crippen LogP contribution in [-0.2, 0) is 0 Å². The first-order chi connectivity index (χ1) is 11.5. The van der Waals surface area contributed by atoms with Crippen LogP contribution in [0.1, 0.15) is 10.4 Å². The van der Waals surface area contributed by atoms with Crippen molar-refractivity contribution >= 4 is 5.97 Å². The average molecular weight is 326 g/mol. The Morgan fingerprint density at radius 3 is 1.75 bits per heavy atom. The molecule has 0 heterocycles. The molecule has 3 aromatic rings. The van der Waals surface area contributed by atoms with Crippen LogP contribution in [0.3, 0.4) is 0 Å². The van der Waals surface area contributed by atoms with Gasteiger partial charge in [0.15, 0.2) is 0 Å². The predicted molar refractivity (Wildman–Crippen MR) is 85.9 cm³/mol. The minimum absolute atomic E-state index is 0.252. The fourth-order valence-corrected chi connectivity index (χ4v) is 2.52. The molecule has 0 saturated carbocycles. The molecule has 0 unspecified atom stereocenters. The van der Waals surface area contributed by atoms with Crippen molar-refractivity contribution in [3.05, 3.63) is 77.9 Å². The Morgan fingerprint density at radius 1 is 0.750 bits per heavy atom. The summed E-state index contributed by atoms with van der Waals surface area (Å²) in [6, 6.07) is 13.8. The smallest absolute Gasteiger partial charge is 0.340 e. The van der Waals surface area contributed by atoms with E-state index in [4.69, 9.17) is 0 Å². The topological polar surface area (TPSA) is 57.5 Å². The average Bonchev–Trinajstić information content (AvgIpc) is 2.55. The van der Waals surface area contributed by atoms with Gasteiger partial charge in [-0.3, -0.25) is 0 Å². The Morgan fingerprint density at radius 2 is 1.25 bits per heavy atom. The summed E-state index contributed by atoms with van der Waals surface area (Å²) in [6.45, 7) is 0. The minimum atomic E-state index is -1.29. The van der Waals surface area contributed by atoms with Crippen LogP contribution in [0.4, 0.5) is 8.78 Å². The highest BCUT2D eigenvalue weighted by Gasteiger charge is 2.19. The SMILES string of the molecule is O=C(O)c1c(O)cc(-c2ccc(F)cc2)cc1-c1ccc(F)cc1. The standard InChI is InChI=1S/C19H12F2O3/c20-14-5-1-11(2-6-14)13-9-16(12-3-7-15(21)8-4-12)18(19(23)24)17(22)10-13/h1-10,22H,(H,23,24). The maximum atomic E-state index is 13.1. The number of halogens is 2. The molecule has 3 aromatic carbocycles. The molecule has 5 heteroatoms. The number of aromatic hydroxyl groups is 1. The van der Waals surface area contributed by atoms with Crippen LogP contribution in [0.15, 0.2) is 60.7 Å². The molecule has 24 heavy (non-hydrogen) atoms. The molecule has 0 aliphatic carbocycles. The van der Waals surface area contributed by atoms with Crippen molar-refractivity contribution in [2.75, 3.05) is 0 Å². The van der Waals surface area contributed by atoms with E-state index in [9.17, 15) is 23.8 Å². The summed E-state index contributed by atoms with van der Waals surface area (Å²) in [7, 11) is 0. The van der Waals surface area contributed by atoms with Crippen molar-refractivity contribution in [1.82, 2.24) is 0 Å². The molecule has 0 bridgehead atoms. The molecular weight excluding hydrogens is 314 g/mol. The third-order valence-corrected chi connectivity index (χ3v) is 3.66.